The first kappa shape index (κ1) is 10.8. The van der Waals surface area contributed by atoms with Gasteiger partial charge in [-0.15, -0.1) is 0 Å². The van der Waals surface area contributed by atoms with Crippen molar-refractivity contribution >= 4 is 6.09 Å². The Kier molecular flexibility index (Phi) is 2.99. The molecule has 2 rings (SSSR count). The first-order chi connectivity index (χ1) is 7.63. The van der Waals surface area contributed by atoms with Crippen molar-refractivity contribution < 1.29 is 14.6 Å². The van der Waals surface area contributed by atoms with Crippen LogP contribution in [0, 0.1) is 6.92 Å². The van der Waals surface area contributed by atoms with Gasteiger partial charge in [0, 0.05) is 18.9 Å². The first-order valence-electron chi connectivity index (χ1n) is 5.36. The van der Waals surface area contributed by atoms with Crippen molar-refractivity contribution in [1.82, 2.24) is 5.32 Å². The van der Waals surface area contributed by atoms with Crippen LogP contribution in [0.4, 0.5) is 4.79 Å². The molecule has 86 valence electrons. The predicted molar refractivity (Wildman–Crippen MR) is 59.8 cm³/mol. The van der Waals surface area contributed by atoms with E-state index in [-0.39, 0.29) is 12.1 Å². The zero-order valence-electron chi connectivity index (χ0n) is 9.14. The quantitative estimate of drug-likeness (QED) is 0.822. The summed E-state index contributed by atoms with van der Waals surface area (Å²) < 4.78 is 5.68. The first-order valence-corrected chi connectivity index (χ1v) is 5.36. The maximum Gasteiger partial charge on any atom is 0.404 e. The largest absolute Gasteiger partial charge is 0.490 e. The van der Waals surface area contributed by atoms with Crippen LogP contribution in [0.3, 0.4) is 0 Å². The topological polar surface area (TPSA) is 58.6 Å². The van der Waals surface area contributed by atoms with E-state index in [2.05, 4.69) is 5.32 Å². The van der Waals surface area contributed by atoms with Crippen LogP contribution in [0.5, 0.6) is 5.75 Å². The third-order valence-corrected chi connectivity index (χ3v) is 2.75. The van der Waals surface area contributed by atoms with Crippen LogP contribution in [0.2, 0.25) is 0 Å². The smallest absolute Gasteiger partial charge is 0.404 e. The minimum absolute atomic E-state index is 0.0490. The lowest BCUT2D eigenvalue weighted by Crippen LogP contribution is -2.48. The Morgan fingerprint density at radius 1 is 1.38 bits per heavy atom. The Hall–Kier alpha value is -1.71. The van der Waals surface area contributed by atoms with E-state index in [1.54, 1.807) is 0 Å². The fraction of sp³-hybridized carbons (Fsp3) is 0.417. The fourth-order valence-electron chi connectivity index (χ4n) is 1.76. The molecule has 1 aliphatic rings. The van der Waals surface area contributed by atoms with Gasteiger partial charge in [-0.3, -0.25) is 0 Å². The minimum Gasteiger partial charge on any atom is -0.490 e. The van der Waals surface area contributed by atoms with Crippen LogP contribution in [0.15, 0.2) is 24.3 Å². The van der Waals surface area contributed by atoms with Gasteiger partial charge in [0.1, 0.15) is 11.9 Å². The van der Waals surface area contributed by atoms with Crippen molar-refractivity contribution in [2.24, 2.45) is 0 Å². The maximum atomic E-state index is 10.4. The van der Waals surface area contributed by atoms with Gasteiger partial charge in [-0.25, -0.2) is 4.79 Å². The van der Waals surface area contributed by atoms with Gasteiger partial charge in [0.25, 0.3) is 0 Å². The molecule has 1 aromatic carbocycles. The van der Waals surface area contributed by atoms with Crippen molar-refractivity contribution in [2.45, 2.75) is 31.9 Å². The molecule has 0 spiro atoms. The highest BCUT2D eigenvalue weighted by Crippen LogP contribution is 2.25. The highest BCUT2D eigenvalue weighted by Gasteiger charge is 2.31. The number of benzene rings is 1. The Labute approximate surface area is 94.2 Å². The number of aryl methyl sites for hydroxylation is 1. The SMILES string of the molecule is Cc1ccc(OC2CC(NC(=O)O)C2)cc1. The Balaban J connectivity index is 1.77. The molecule has 2 N–H and O–H groups in total. The summed E-state index contributed by atoms with van der Waals surface area (Å²) in [6.45, 7) is 2.03. The highest BCUT2D eigenvalue weighted by molar-refractivity contribution is 5.65. The van der Waals surface area contributed by atoms with E-state index in [1.807, 2.05) is 31.2 Å². The molecule has 16 heavy (non-hydrogen) atoms. The zero-order valence-corrected chi connectivity index (χ0v) is 9.14. The van der Waals surface area contributed by atoms with E-state index in [0.29, 0.717) is 0 Å². The maximum absolute atomic E-state index is 10.4. The number of ether oxygens (including phenoxy) is 1. The average molecular weight is 221 g/mol. The van der Waals surface area contributed by atoms with E-state index in [1.165, 1.54) is 5.56 Å². The van der Waals surface area contributed by atoms with Crippen molar-refractivity contribution in [2.75, 3.05) is 0 Å². The van der Waals surface area contributed by atoms with Gasteiger partial charge in [0.2, 0.25) is 0 Å². The standard InChI is InChI=1S/C12H15NO3/c1-8-2-4-10(5-3-8)16-11-6-9(7-11)13-12(14)15/h2-5,9,11,13H,6-7H2,1H3,(H,14,15). The lowest BCUT2D eigenvalue weighted by atomic mass is 9.89. The van der Waals surface area contributed by atoms with Crippen LogP contribution in [0.25, 0.3) is 0 Å². The van der Waals surface area contributed by atoms with Crippen LogP contribution < -0.4 is 10.1 Å². The summed E-state index contributed by atoms with van der Waals surface area (Å²) in [5.74, 6) is 0.851. The fourth-order valence-corrected chi connectivity index (χ4v) is 1.76. The molecule has 0 unspecified atom stereocenters. The summed E-state index contributed by atoms with van der Waals surface area (Å²) in [4.78, 5) is 10.4. The monoisotopic (exact) mass is 221 g/mol. The summed E-state index contributed by atoms with van der Waals surface area (Å²) >= 11 is 0. The van der Waals surface area contributed by atoms with Crippen molar-refractivity contribution in [3.8, 4) is 5.75 Å². The molecule has 1 amide bonds. The molecular weight excluding hydrogens is 206 g/mol. The second-order valence-corrected chi connectivity index (χ2v) is 4.17. The van der Waals surface area contributed by atoms with Crippen LogP contribution >= 0.6 is 0 Å². The molecule has 0 saturated heterocycles. The molecule has 0 radical (unpaired) electrons. The van der Waals surface area contributed by atoms with Gasteiger partial charge in [-0.05, 0) is 19.1 Å². The van der Waals surface area contributed by atoms with E-state index in [4.69, 9.17) is 9.84 Å². The zero-order chi connectivity index (χ0) is 11.5. The molecule has 0 aliphatic heterocycles. The van der Waals surface area contributed by atoms with E-state index in [9.17, 15) is 4.79 Å². The predicted octanol–water partition coefficient (Wildman–Crippen LogP) is 2.17. The third-order valence-electron chi connectivity index (χ3n) is 2.75. The van der Waals surface area contributed by atoms with Crippen LogP contribution in [-0.2, 0) is 0 Å². The summed E-state index contributed by atoms with van der Waals surface area (Å²) in [5.41, 5.74) is 1.20. The van der Waals surface area contributed by atoms with Crippen LogP contribution in [-0.4, -0.2) is 23.3 Å². The van der Waals surface area contributed by atoms with Gasteiger partial charge in [0.05, 0.1) is 0 Å². The van der Waals surface area contributed by atoms with Crippen molar-refractivity contribution in [3.05, 3.63) is 29.8 Å². The lowest BCUT2D eigenvalue weighted by Gasteiger charge is -2.35. The van der Waals surface area contributed by atoms with Crippen molar-refractivity contribution in [1.29, 1.82) is 0 Å². The molecule has 4 nitrogen and oxygen atoms in total. The molecule has 1 saturated carbocycles. The molecule has 1 aliphatic carbocycles. The average Bonchev–Trinajstić information content (AvgIpc) is 2.17. The number of hydrogen-bond donors (Lipinski definition) is 2. The van der Waals surface area contributed by atoms with Gasteiger partial charge >= 0.3 is 6.09 Å². The molecule has 0 atom stereocenters. The molecule has 0 heterocycles. The summed E-state index contributed by atoms with van der Waals surface area (Å²) in [6, 6.07) is 7.93. The number of rotatable bonds is 3. The molecule has 0 bridgehead atoms. The number of carboxylic acid groups (broad SMARTS) is 1. The van der Waals surface area contributed by atoms with E-state index >= 15 is 0 Å². The second-order valence-electron chi connectivity index (χ2n) is 4.17. The Bertz CT molecular complexity index is 368. The highest BCUT2D eigenvalue weighted by atomic mass is 16.5. The molecule has 4 heteroatoms. The molecular formula is C12H15NO3. The number of amides is 1. The lowest BCUT2D eigenvalue weighted by molar-refractivity contribution is 0.0834. The van der Waals surface area contributed by atoms with Gasteiger partial charge in [0.15, 0.2) is 0 Å². The number of hydrogen-bond acceptors (Lipinski definition) is 2. The molecule has 0 aromatic heterocycles. The van der Waals surface area contributed by atoms with Gasteiger partial charge < -0.3 is 15.2 Å². The number of carbonyl (C=O) groups is 1. The Morgan fingerprint density at radius 2 is 2.00 bits per heavy atom. The Morgan fingerprint density at radius 3 is 2.56 bits per heavy atom. The van der Waals surface area contributed by atoms with Gasteiger partial charge in [-0.1, -0.05) is 17.7 Å². The summed E-state index contributed by atoms with van der Waals surface area (Å²) in [5, 5.41) is 10.9. The van der Waals surface area contributed by atoms with Gasteiger partial charge in [-0.2, -0.15) is 0 Å². The summed E-state index contributed by atoms with van der Waals surface area (Å²) in [6.07, 6.45) is 0.679. The second kappa shape index (κ2) is 4.43. The molecule has 1 fully saturated rings. The minimum atomic E-state index is -0.959. The molecule has 1 aromatic rings. The van der Waals surface area contributed by atoms with E-state index < -0.39 is 6.09 Å². The number of nitrogens with one attached hydrogen (secondary N) is 1. The normalized spacial score (nSPS) is 23.3. The third kappa shape index (κ3) is 2.66. The van der Waals surface area contributed by atoms with Crippen LogP contribution in [0.1, 0.15) is 18.4 Å². The van der Waals surface area contributed by atoms with E-state index in [0.717, 1.165) is 18.6 Å². The van der Waals surface area contributed by atoms with Crippen molar-refractivity contribution in [3.63, 3.8) is 0 Å². The summed E-state index contributed by atoms with van der Waals surface area (Å²) in [7, 11) is 0.